The molecule has 1 N–H and O–H groups in total. The first-order valence-electron chi connectivity index (χ1n) is 10.5. The van der Waals surface area contributed by atoms with Crippen molar-refractivity contribution >= 4 is 38.4 Å². The molecule has 0 aromatic heterocycles. The van der Waals surface area contributed by atoms with Gasteiger partial charge in [0.2, 0.25) is 0 Å². The maximum atomic E-state index is 13.1. The second-order valence-corrected chi connectivity index (χ2v) is 9.74. The van der Waals surface area contributed by atoms with Crippen LogP contribution < -0.4 is 14.4 Å². The molecule has 3 aromatic rings. The molecule has 0 unspecified atom stereocenters. The summed E-state index contributed by atoms with van der Waals surface area (Å²) in [6, 6.07) is 19.1. The van der Waals surface area contributed by atoms with Crippen molar-refractivity contribution in [3.63, 3.8) is 0 Å². The molecule has 0 bridgehead atoms. The third-order valence-electron chi connectivity index (χ3n) is 5.24. The van der Waals surface area contributed by atoms with E-state index in [0.717, 1.165) is 23.6 Å². The van der Waals surface area contributed by atoms with E-state index in [4.69, 9.17) is 9.47 Å². The first-order chi connectivity index (χ1) is 15.8. The molecule has 1 fully saturated rings. The lowest BCUT2D eigenvalue weighted by molar-refractivity contribution is -0.150. The average Bonchev–Trinajstić information content (AvgIpc) is 3.65. The van der Waals surface area contributed by atoms with Crippen LogP contribution in [0.5, 0.6) is 5.75 Å². The SMILES string of the molecule is CN(c1ccc(OCC(=O)OCC(=O)NC2CC2)cc1)S(=O)(=O)c1ccc2ccccc2c1. The van der Waals surface area contributed by atoms with Crippen LogP contribution in [0.1, 0.15) is 12.8 Å². The van der Waals surface area contributed by atoms with Crippen molar-refractivity contribution in [1.82, 2.24) is 5.32 Å². The highest BCUT2D eigenvalue weighted by Gasteiger charge is 2.24. The van der Waals surface area contributed by atoms with Gasteiger partial charge in [-0.25, -0.2) is 13.2 Å². The van der Waals surface area contributed by atoms with E-state index in [-0.39, 0.29) is 30.1 Å². The zero-order chi connectivity index (χ0) is 23.4. The Morgan fingerprint density at radius 2 is 1.67 bits per heavy atom. The van der Waals surface area contributed by atoms with Crippen LogP contribution in [0.3, 0.4) is 0 Å². The Hall–Kier alpha value is -3.59. The van der Waals surface area contributed by atoms with E-state index in [0.29, 0.717) is 11.4 Å². The predicted octanol–water partition coefficient (Wildman–Crippen LogP) is 2.87. The topological polar surface area (TPSA) is 102 Å². The van der Waals surface area contributed by atoms with Crippen molar-refractivity contribution in [3.05, 3.63) is 66.7 Å². The molecule has 4 rings (SSSR count). The van der Waals surface area contributed by atoms with Crippen LogP contribution in [-0.4, -0.2) is 46.6 Å². The summed E-state index contributed by atoms with van der Waals surface area (Å²) in [4.78, 5) is 23.5. The number of anilines is 1. The summed E-state index contributed by atoms with van der Waals surface area (Å²) in [6.45, 7) is -0.698. The molecular formula is C24H24N2O6S. The maximum absolute atomic E-state index is 13.1. The van der Waals surface area contributed by atoms with Gasteiger partial charge in [0.1, 0.15) is 5.75 Å². The molecule has 0 heterocycles. The smallest absolute Gasteiger partial charge is 0.344 e. The van der Waals surface area contributed by atoms with Gasteiger partial charge in [-0.1, -0.05) is 30.3 Å². The maximum Gasteiger partial charge on any atom is 0.344 e. The van der Waals surface area contributed by atoms with Gasteiger partial charge in [0.05, 0.1) is 10.6 Å². The standard InChI is InChI=1S/C24H24N2O6S/c1-26(33(29,30)22-13-6-17-4-2-3-5-18(17)14-22)20-9-11-21(12-10-20)31-16-24(28)32-15-23(27)25-19-7-8-19/h2-6,9-14,19H,7-8,15-16H2,1H3,(H,25,27). The van der Waals surface area contributed by atoms with E-state index in [1.54, 1.807) is 42.5 Å². The molecule has 1 aliphatic rings. The van der Waals surface area contributed by atoms with E-state index in [9.17, 15) is 18.0 Å². The van der Waals surface area contributed by atoms with E-state index < -0.39 is 16.0 Å². The fraction of sp³-hybridized carbons (Fsp3) is 0.250. The largest absolute Gasteiger partial charge is 0.482 e. The number of benzene rings is 3. The van der Waals surface area contributed by atoms with E-state index in [1.807, 2.05) is 24.3 Å². The van der Waals surface area contributed by atoms with Crippen LogP contribution in [0.25, 0.3) is 10.8 Å². The number of nitrogens with one attached hydrogen (secondary N) is 1. The number of ether oxygens (including phenoxy) is 2. The third-order valence-corrected chi connectivity index (χ3v) is 7.02. The quantitative estimate of drug-likeness (QED) is 0.485. The summed E-state index contributed by atoms with van der Waals surface area (Å²) < 4.78 is 37.6. The number of carbonyl (C=O) groups is 2. The molecule has 3 aromatic carbocycles. The Kier molecular flexibility index (Phi) is 6.50. The number of rotatable bonds is 9. The Labute approximate surface area is 192 Å². The summed E-state index contributed by atoms with van der Waals surface area (Å²) in [5.41, 5.74) is 0.440. The molecule has 0 aliphatic heterocycles. The van der Waals surface area contributed by atoms with Crippen molar-refractivity contribution in [2.24, 2.45) is 0 Å². The number of sulfonamides is 1. The molecule has 172 valence electrons. The number of amides is 1. The highest BCUT2D eigenvalue weighted by Crippen LogP contribution is 2.26. The Bertz CT molecular complexity index is 1270. The van der Waals surface area contributed by atoms with Gasteiger partial charge in [0.25, 0.3) is 15.9 Å². The summed E-state index contributed by atoms with van der Waals surface area (Å²) in [5, 5.41) is 4.52. The first kappa shape index (κ1) is 22.6. The fourth-order valence-corrected chi connectivity index (χ4v) is 4.44. The van der Waals surface area contributed by atoms with Gasteiger partial charge in [-0.2, -0.15) is 0 Å². The second kappa shape index (κ2) is 9.50. The zero-order valence-corrected chi connectivity index (χ0v) is 18.9. The van der Waals surface area contributed by atoms with Crippen molar-refractivity contribution in [3.8, 4) is 5.75 Å². The Morgan fingerprint density at radius 1 is 0.970 bits per heavy atom. The van der Waals surface area contributed by atoms with Crippen molar-refractivity contribution in [2.45, 2.75) is 23.8 Å². The number of esters is 1. The summed E-state index contributed by atoms with van der Waals surface area (Å²) in [5.74, 6) is -0.624. The minimum atomic E-state index is -3.76. The highest BCUT2D eigenvalue weighted by atomic mass is 32.2. The Morgan fingerprint density at radius 3 is 2.36 bits per heavy atom. The van der Waals surface area contributed by atoms with Gasteiger partial charge < -0.3 is 14.8 Å². The zero-order valence-electron chi connectivity index (χ0n) is 18.1. The number of hydrogen-bond donors (Lipinski definition) is 1. The molecule has 33 heavy (non-hydrogen) atoms. The molecule has 1 amide bonds. The van der Waals surface area contributed by atoms with Crippen molar-refractivity contribution < 1.29 is 27.5 Å². The summed E-state index contributed by atoms with van der Waals surface area (Å²) >= 11 is 0. The van der Waals surface area contributed by atoms with Crippen LogP contribution in [0.4, 0.5) is 5.69 Å². The van der Waals surface area contributed by atoms with Gasteiger partial charge in [0.15, 0.2) is 13.2 Å². The molecule has 1 aliphatic carbocycles. The minimum absolute atomic E-state index is 0.192. The third kappa shape index (κ3) is 5.61. The highest BCUT2D eigenvalue weighted by molar-refractivity contribution is 7.92. The van der Waals surface area contributed by atoms with Gasteiger partial charge >= 0.3 is 5.97 Å². The monoisotopic (exact) mass is 468 g/mol. The first-order valence-corrected chi connectivity index (χ1v) is 11.9. The molecule has 0 saturated heterocycles. The second-order valence-electron chi connectivity index (χ2n) is 7.77. The van der Waals surface area contributed by atoms with Crippen LogP contribution in [0.2, 0.25) is 0 Å². The Balaban J connectivity index is 1.34. The molecule has 0 radical (unpaired) electrons. The molecule has 0 atom stereocenters. The summed E-state index contributed by atoms with van der Waals surface area (Å²) in [6.07, 6.45) is 1.91. The van der Waals surface area contributed by atoms with Crippen LogP contribution in [0, 0.1) is 0 Å². The van der Waals surface area contributed by atoms with Crippen molar-refractivity contribution in [2.75, 3.05) is 24.6 Å². The van der Waals surface area contributed by atoms with E-state index in [1.165, 1.54) is 11.4 Å². The van der Waals surface area contributed by atoms with Crippen LogP contribution in [0.15, 0.2) is 71.6 Å². The lowest BCUT2D eigenvalue weighted by Gasteiger charge is -2.20. The molecule has 0 spiro atoms. The van der Waals surface area contributed by atoms with E-state index in [2.05, 4.69) is 5.32 Å². The van der Waals surface area contributed by atoms with Crippen molar-refractivity contribution in [1.29, 1.82) is 0 Å². The lowest BCUT2D eigenvalue weighted by Crippen LogP contribution is -2.31. The number of fused-ring (bicyclic) bond motifs is 1. The lowest BCUT2D eigenvalue weighted by atomic mass is 10.1. The molecule has 1 saturated carbocycles. The van der Waals surface area contributed by atoms with Gasteiger partial charge in [-0.05, 0) is 60.0 Å². The number of hydrogen-bond acceptors (Lipinski definition) is 6. The average molecular weight is 469 g/mol. The minimum Gasteiger partial charge on any atom is -0.482 e. The molecule has 9 heteroatoms. The van der Waals surface area contributed by atoms with Crippen LogP contribution in [-0.2, 0) is 24.3 Å². The molecular weight excluding hydrogens is 444 g/mol. The number of carbonyl (C=O) groups excluding carboxylic acids is 2. The van der Waals surface area contributed by atoms with Gasteiger partial charge in [-0.15, -0.1) is 0 Å². The fourth-order valence-electron chi connectivity index (χ4n) is 3.20. The van der Waals surface area contributed by atoms with E-state index >= 15 is 0 Å². The van der Waals surface area contributed by atoms with Crippen LogP contribution >= 0.6 is 0 Å². The van der Waals surface area contributed by atoms with Gasteiger partial charge in [0, 0.05) is 13.1 Å². The van der Waals surface area contributed by atoms with Gasteiger partial charge in [-0.3, -0.25) is 9.10 Å². The number of nitrogens with zero attached hydrogens (tertiary/aromatic N) is 1. The molecule has 8 nitrogen and oxygen atoms in total. The normalized spacial score (nSPS) is 13.4. The summed E-state index contributed by atoms with van der Waals surface area (Å²) in [7, 11) is -2.28. The predicted molar refractivity (Wildman–Crippen MR) is 124 cm³/mol.